The van der Waals surface area contributed by atoms with Gasteiger partial charge < -0.3 is 8.98 Å². The van der Waals surface area contributed by atoms with E-state index in [0.717, 1.165) is 38.1 Å². The van der Waals surface area contributed by atoms with Gasteiger partial charge in [0.1, 0.15) is 5.76 Å². The third kappa shape index (κ3) is 6.20. The largest absolute Gasteiger partial charge is 0.467 e. The van der Waals surface area contributed by atoms with Crippen molar-refractivity contribution in [3.8, 4) is 5.69 Å². The molecule has 5 aromatic rings. The minimum atomic E-state index is -0.398. The summed E-state index contributed by atoms with van der Waals surface area (Å²) < 4.78 is 7.69. The zero-order valence-corrected chi connectivity index (χ0v) is 25.0. The number of nitrogens with zero attached hydrogens (tertiary/aromatic N) is 4. The first-order valence-electron chi connectivity index (χ1n) is 13.4. The molecular weight excluding hydrogens is 581 g/mol. The number of benzene rings is 3. The number of rotatable bonds is 8. The number of furan rings is 1. The normalized spacial score (nSPS) is 15.1. The Bertz CT molecular complexity index is 1840. The van der Waals surface area contributed by atoms with Crippen LogP contribution in [0, 0.1) is 24.0 Å². The number of thioether (sulfide) groups is 1. The molecule has 0 spiro atoms. The van der Waals surface area contributed by atoms with Crippen LogP contribution in [0.2, 0.25) is 0 Å². The highest BCUT2D eigenvalue weighted by atomic mass is 32.2. The van der Waals surface area contributed by atoms with Crippen molar-refractivity contribution in [2.24, 2.45) is 4.99 Å². The first kappa shape index (κ1) is 28.3. The number of aryl methyl sites for hydroxylation is 1. The molecule has 10 heteroatoms. The molecule has 8 nitrogen and oxygen atoms in total. The summed E-state index contributed by atoms with van der Waals surface area (Å²) in [6, 6.07) is 30.0. The molecule has 0 N–H and O–H groups in total. The maximum absolute atomic E-state index is 13.6. The molecule has 6 rings (SSSR count). The standard InChI is InChI=1S/C33H26N4O4S2/c1-22-19-24(23(2)36(22)26-10-14-29(15-11-26)42-30-16-12-27(13-17-30)37(39)40)20-31-32(38)35(21-28-9-6-18-41-28)33(43-31)34-25-7-4-3-5-8-25/h3-20H,21H2,1-2H3/b31-20+,34-33?. The van der Waals surface area contributed by atoms with E-state index < -0.39 is 4.92 Å². The molecule has 1 aliphatic rings. The summed E-state index contributed by atoms with van der Waals surface area (Å²) in [5.74, 6) is 0.567. The Labute approximate surface area is 256 Å². The Hall–Kier alpha value is -4.80. The van der Waals surface area contributed by atoms with Gasteiger partial charge >= 0.3 is 0 Å². The first-order valence-corrected chi connectivity index (χ1v) is 15.1. The molecule has 3 heterocycles. The Morgan fingerprint density at radius 3 is 2.30 bits per heavy atom. The van der Waals surface area contributed by atoms with Gasteiger partial charge in [-0.05, 0) is 104 Å². The lowest BCUT2D eigenvalue weighted by atomic mass is 10.2. The number of aromatic nitrogens is 1. The zero-order chi connectivity index (χ0) is 29.9. The summed E-state index contributed by atoms with van der Waals surface area (Å²) in [7, 11) is 0. The van der Waals surface area contributed by atoms with Crippen molar-refractivity contribution >= 4 is 52.0 Å². The molecular formula is C33H26N4O4S2. The van der Waals surface area contributed by atoms with Crippen molar-refractivity contribution in [2.45, 2.75) is 30.2 Å². The molecule has 0 radical (unpaired) electrons. The average molecular weight is 607 g/mol. The highest BCUT2D eigenvalue weighted by Crippen LogP contribution is 2.37. The summed E-state index contributed by atoms with van der Waals surface area (Å²) in [6.45, 7) is 4.39. The number of carbonyl (C=O) groups excluding carboxylic acids is 1. The van der Waals surface area contributed by atoms with Crippen LogP contribution in [-0.2, 0) is 11.3 Å². The topological polar surface area (TPSA) is 93.9 Å². The minimum Gasteiger partial charge on any atom is -0.467 e. The van der Waals surface area contributed by atoms with Crippen LogP contribution in [0.15, 0.2) is 127 Å². The molecule has 0 bridgehead atoms. The van der Waals surface area contributed by atoms with Crippen LogP contribution in [0.5, 0.6) is 0 Å². The zero-order valence-electron chi connectivity index (χ0n) is 23.3. The number of non-ortho nitro benzene ring substituents is 1. The van der Waals surface area contributed by atoms with Gasteiger partial charge in [-0.1, -0.05) is 30.0 Å². The number of amidine groups is 1. The monoisotopic (exact) mass is 606 g/mol. The van der Waals surface area contributed by atoms with E-state index in [4.69, 9.17) is 9.41 Å². The fourth-order valence-electron chi connectivity index (χ4n) is 4.81. The quantitative estimate of drug-likeness (QED) is 0.0998. The van der Waals surface area contributed by atoms with Crippen molar-refractivity contribution in [1.82, 2.24) is 9.47 Å². The summed E-state index contributed by atoms with van der Waals surface area (Å²) in [6.07, 6.45) is 3.54. The summed E-state index contributed by atoms with van der Waals surface area (Å²) in [5.41, 5.74) is 4.87. The van der Waals surface area contributed by atoms with E-state index in [1.54, 1.807) is 35.1 Å². The molecule has 43 heavy (non-hydrogen) atoms. The number of hydrogen-bond acceptors (Lipinski definition) is 7. The second-order valence-electron chi connectivity index (χ2n) is 9.82. The van der Waals surface area contributed by atoms with Gasteiger partial charge in [-0.3, -0.25) is 19.8 Å². The van der Waals surface area contributed by atoms with E-state index >= 15 is 0 Å². The van der Waals surface area contributed by atoms with Gasteiger partial charge in [0.05, 0.1) is 28.3 Å². The van der Waals surface area contributed by atoms with E-state index in [-0.39, 0.29) is 11.6 Å². The van der Waals surface area contributed by atoms with Gasteiger partial charge in [0.2, 0.25) is 0 Å². The van der Waals surface area contributed by atoms with E-state index in [0.29, 0.717) is 22.4 Å². The molecule has 1 aliphatic heterocycles. The van der Waals surface area contributed by atoms with Gasteiger partial charge in [-0.15, -0.1) is 0 Å². The van der Waals surface area contributed by atoms with Crippen molar-refractivity contribution in [3.05, 3.63) is 141 Å². The smallest absolute Gasteiger partial charge is 0.269 e. The molecule has 0 aliphatic carbocycles. The second-order valence-corrected chi connectivity index (χ2v) is 12.0. The fourth-order valence-corrected chi connectivity index (χ4v) is 6.61. The molecule has 0 atom stereocenters. The summed E-state index contributed by atoms with van der Waals surface area (Å²) in [4.78, 5) is 33.1. The molecule has 214 valence electrons. The summed E-state index contributed by atoms with van der Waals surface area (Å²) in [5, 5.41) is 11.5. The van der Waals surface area contributed by atoms with Crippen LogP contribution < -0.4 is 0 Å². The lowest BCUT2D eigenvalue weighted by Crippen LogP contribution is -2.28. The van der Waals surface area contributed by atoms with E-state index in [1.165, 1.54) is 23.9 Å². The van der Waals surface area contributed by atoms with Crippen LogP contribution in [0.3, 0.4) is 0 Å². The van der Waals surface area contributed by atoms with Crippen LogP contribution in [-0.4, -0.2) is 25.5 Å². The Morgan fingerprint density at radius 1 is 0.953 bits per heavy atom. The summed E-state index contributed by atoms with van der Waals surface area (Å²) >= 11 is 2.90. The number of nitro groups is 1. The molecule has 3 aromatic carbocycles. The predicted octanol–water partition coefficient (Wildman–Crippen LogP) is 8.55. The molecule has 0 saturated carbocycles. The highest BCUT2D eigenvalue weighted by Gasteiger charge is 2.34. The van der Waals surface area contributed by atoms with Crippen LogP contribution in [0.25, 0.3) is 11.8 Å². The van der Waals surface area contributed by atoms with Crippen LogP contribution in [0.4, 0.5) is 11.4 Å². The van der Waals surface area contributed by atoms with E-state index in [9.17, 15) is 14.9 Å². The fraction of sp³-hybridized carbons (Fsp3) is 0.0909. The number of hydrogen-bond donors (Lipinski definition) is 0. The lowest BCUT2D eigenvalue weighted by molar-refractivity contribution is -0.384. The molecule has 1 amide bonds. The average Bonchev–Trinajstić information content (AvgIpc) is 3.70. The number of carbonyl (C=O) groups is 1. The third-order valence-electron chi connectivity index (χ3n) is 6.90. The van der Waals surface area contributed by atoms with E-state index in [2.05, 4.69) is 22.8 Å². The molecule has 1 fully saturated rings. The first-order chi connectivity index (χ1) is 20.9. The molecule has 1 saturated heterocycles. The Morgan fingerprint density at radius 2 is 1.65 bits per heavy atom. The van der Waals surface area contributed by atoms with Crippen molar-refractivity contribution < 1.29 is 14.1 Å². The van der Waals surface area contributed by atoms with Gasteiger partial charge in [0.25, 0.3) is 11.6 Å². The van der Waals surface area contributed by atoms with Crippen molar-refractivity contribution in [3.63, 3.8) is 0 Å². The maximum atomic E-state index is 13.6. The van der Waals surface area contributed by atoms with Crippen molar-refractivity contribution in [1.29, 1.82) is 0 Å². The maximum Gasteiger partial charge on any atom is 0.269 e. The SMILES string of the molecule is Cc1cc(/C=C2/SC(=Nc3ccccc3)N(Cc3ccco3)C2=O)c(C)n1-c1ccc(Sc2ccc([N+](=O)[O-])cc2)cc1. The Kier molecular flexibility index (Phi) is 8.04. The highest BCUT2D eigenvalue weighted by molar-refractivity contribution is 8.18. The number of nitro benzene ring substituents is 1. The molecule has 0 unspecified atom stereocenters. The number of aliphatic imine (C=N–C) groups is 1. The van der Waals surface area contributed by atoms with Gasteiger partial charge in [-0.25, -0.2) is 4.99 Å². The Balaban J connectivity index is 1.25. The third-order valence-corrected chi connectivity index (χ3v) is 8.92. The predicted molar refractivity (Wildman–Crippen MR) is 171 cm³/mol. The van der Waals surface area contributed by atoms with Gasteiger partial charge in [0, 0.05) is 39.0 Å². The van der Waals surface area contributed by atoms with Gasteiger partial charge in [0.15, 0.2) is 5.17 Å². The molecule has 2 aromatic heterocycles. The minimum absolute atomic E-state index is 0.0756. The van der Waals surface area contributed by atoms with E-state index in [1.807, 2.05) is 74.5 Å². The second kappa shape index (κ2) is 12.2. The van der Waals surface area contributed by atoms with Crippen LogP contribution >= 0.6 is 23.5 Å². The number of amides is 1. The lowest BCUT2D eigenvalue weighted by Gasteiger charge is -2.13. The number of para-hydroxylation sites is 1. The van der Waals surface area contributed by atoms with Gasteiger partial charge in [-0.2, -0.15) is 0 Å². The van der Waals surface area contributed by atoms with Crippen LogP contribution in [0.1, 0.15) is 22.7 Å². The van der Waals surface area contributed by atoms with Crippen molar-refractivity contribution in [2.75, 3.05) is 0 Å².